The van der Waals surface area contributed by atoms with Gasteiger partial charge in [0.2, 0.25) is 0 Å². The van der Waals surface area contributed by atoms with Gasteiger partial charge in [0.1, 0.15) is 18.3 Å². The summed E-state index contributed by atoms with van der Waals surface area (Å²) >= 11 is 0. The summed E-state index contributed by atoms with van der Waals surface area (Å²) in [6.45, 7) is 12.7. The monoisotopic (exact) mass is 724 g/mol. The number of fused-ring (bicyclic) bond motifs is 2. The van der Waals surface area contributed by atoms with Gasteiger partial charge in [-0.05, 0) is 91.6 Å². The highest BCUT2D eigenvalue weighted by atomic mass is 16.6. The second-order valence-corrected chi connectivity index (χ2v) is 17.0. The van der Waals surface area contributed by atoms with Crippen LogP contribution in [0.2, 0.25) is 0 Å². The third-order valence-corrected chi connectivity index (χ3v) is 12.6. The number of aliphatic hydroxyl groups is 3. The van der Waals surface area contributed by atoms with Crippen LogP contribution in [0.15, 0.2) is 47.6 Å². The van der Waals surface area contributed by atoms with E-state index in [0.717, 1.165) is 44.9 Å². The van der Waals surface area contributed by atoms with Crippen molar-refractivity contribution in [1.29, 1.82) is 0 Å². The normalized spacial score (nSPS) is 40.4. The number of carbonyl (C=O) groups excluding carboxylic acids is 3. The molecule has 0 aromatic carbocycles. The average molecular weight is 725 g/mol. The molecule has 2 saturated heterocycles. The van der Waals surface area contributed by atoms with E-state index >= 15 is 0 Å². The minimum absolute atomic E-state index is 0.0854. The predicted molar refractivity (Wildman–Crippen MR) is 198 cm³/mol. The van der Waals surface area contributed by atoms with Gasteiger partial charge in [0.25, 0.3) is 0 Å². The molecule has 3 N–H and O–H groups in total. The summed E-state index contributed by atoms with van der Waals surface area (Å²) in [5, 5.41) is 30.2. The molecule has 0 radical (unpaired) electrons. The fraction of sp³-hybridized carbons (Fsp3) is 0.744. The van der Waals surface area contributed by atoms with E-state index in [9.17, 15) is 29.7 Å². The summed E-state index contributed by atoms with van der Waals surface area (Å²) in [6, 6.07) is 0. The molecule has 290 valence electrons. The van der Waals surface area contributed by atoms with Gasteiger partial charge in [-0.3, -0.25) is 14.4 Å². The molecule has 9 heteroatoms. The van der Waals surface area contributed by atoms with E-state index in [1.807, 2.05) is 13.8 Å². The Kier molecular flexibility index (Phi) is 14.0. The Balaban J connectivity index is 0.000000206. The lowest BCUT2D eigenvalue weighted by atomic mass is 9.65. The van der Waals surface area contributed by atoms with Crippen molar-refractivity contribution in [3.63, 3.8) is 0 Å². The number of rotatable bonds is 9. The zero-order valence-corrected chi connectivity index (χ0v) is 32.2. The van der Waals surface area contributed by atoms with Crippen LogP contribution in [0, 0.1) is 53.3 Å². The third-order valence-electron chi connectivity index (χ3n) is 12.6. The molecule has 2 fully saturated rings. The Morgan fingerprint density at radius 2 is 1.23 bits per heavy atom. The van der Waals surface area contributed by atoms with Crippen LogP contribution >= 0.6 is 0 Å². The quantitative estimate of drug-likeness (QED) is 0.173. The average Bonchev–Trinajstić information content (AvgIpc) is 3.06. The van der Waals surface area contributed by atoms with Crippen LogP contribution in [0.25, 0.3) is 0 Å². The lowest BCUT2D eigenvalue weighted by molar-refractivity contribution is -0.162. The fourth-order valence-electron chi connectivity index (χ4n) is 9.62. The zero-order valence-electron chi connectivity index (χ0n) is 32.2. The van der Waals surface area contributed by atoms with Gasteiger partial charge in [-0.25, -0.2) is 0 Å². The Hall–Kier alpha value is -2.75. The van der Waals surface area contributed by atoms with Crippen LogP contribution < -0.4 is 0 Å². The molecule has 52 heavy (non-hydrogen) atoms. The van der Waals surface area contributed by atoms with Crippen molar-refractivity contribution < 1.29 is 43.9 Å². The van der Waals surface area contributed by atoms with Gasteiger partial charge < -0.3 is 29.5 Å². The maximum absolute atomic E-state index is 12.5. The molecular formula is C43H64O9. The summed E-state index contributed by atoms with van der Waals surface area (Å²) in [7, 11) is 0. The summed E-state index contributed by atoms with van der Waals surface area (Å²) in [4.78, 5) is 35.7. The Morgan fingerprint density at radius 1 is 0.750 bits per heavy atom. The summed E-state index contributed by atoms with van der Waals surface area (Å²) in [5.41, 5.74) is 2.54. The molecule has 15 atom stereocenters. The number of hydrogen-bond donors (Lipinski definition) is 3. The lowest BCUT2D eigenvalue weighted by Crippen LogP contribution is -2.42. The fourth-order valence-corrected chi connectivity index (χ4v) is 9.62. The van der Waals surface area contributed by atoms with Gasteiger partial charge in [0.15, 0.2) is 0 Å². The molecule has 0 bridgehead atoms. The standard InChI is InChI=1S/C24H36O5.C19H28O4/c1-5-15(3)24(27)29-21-11-14(2)10-17-7-6-16(4)20(23(17)21)9-8-19-12-18(25)13-22(26)28-19;1-11-7-13-4-3-12(2)16(19(13)17(21)8-11)6-5-15-9-14(20)10-18(22)23-15/h6-7,10,14-16,18-21,23,25H,5,8-9,11-13H2,1-4H3;3-4,7,11-12,14-17,19-21H,5-6,8-10H2,1-2H3/t14-,15?,16-,18+,19+,20-,21-,23-;11-,12-,14+,15+,16-,17-,19-/m00/s1. The first kappa shape index (κ1) is 40.4. The topological polar surface area (TPSA) is 140 Å². The number of esters is 3. The SMILES string of the molecule is CCC(C)C(=O)O[C@H]1C[C@@H](C)C=C2C=C[C@H](C)[C@H](CC[C@@H]3C[C@@H](O)CC(=O)O3)[C@H]21.C[C@H]1C=C2C=C[C@H](C)[C@H](CC[C@@H]3C[C@@H](O)CC(=O)O3)[C@H]2[C@@H](O)C1. The lowest BCUT2D eigenvalue weighted by Gasteiger charge is -2.43. The summed E-state index contributed by atoms with van der Waals surface area (Å²) in [5.74, 6) is 1.85. The number of cyclic esters (lactones) is 2. The Labute approximate surface area is 310 Å². The molecule has 2 heterocycles. The van der Waals surface area contributed by atoms with Crippen LogP contribution in [0.4, 0.5) is 0 Å². The van der Waals surface area contributed by atoms with Crippen molar-refractivity contribution >= 4 is 17.9 Å². The molecule has 1 unspecified atom stereocenters. The minimum atomic E-state index is -0.597. The van der Waals surface area contributed by atoms with Crippen LogP contribution in [0.5, 0.6) is 0 Å². The predicted octanol–water partition coefficient (Wildman–Crippen LogP) is 6.79. The van der Waals surface area contributed by atoms with Crippen molar-refractivity contribution in [2.45, 2.75) is 149 Å². The molecule has 6 aliphatic rings. The highest BCUT2D eigenvalue weighted by molar-refractivity contribution is 5.72. The first-order chi connectivity index (χ1) is 24.7. The maximum atomic E-state index is 12.5. The van der Waals surface area contributed by atoms with Crippen molar-refractivity contribution in [3.05, 3.63) is 47.6 Å². The molecule has 0 spiro atoms. The summed E-state index contributed by atoms with van der Waals surface area (Å²) < 4.78 is 16.9. The van der Waals surface area contributed by atoms with Crippen molar-refractivity contribution in [1.82, 2.24) is 0 Å². The number of aliphatic hydroxyl groups excluding tert-OH is 3. The van der Waals surface area contributed by atoms with Crippen LogP contribution in [-0.4, -0.2) is 69.9 Å². The van der Waals surface area contributed by atoms with Gasteiger partial charge in [-0.2, -0.15) is 0 Å². The van der Waals surface area contributed by atoms with E-state index in [0.29, 0.717) is 48.3 Å². The molecular weight excluding hydrogens is 660 g/mol. The van der Waals surface area contributed by atoms with Crippen LogP contribution in [0.1, 0.15) is 112 Å². The molecule has 9 nitrogen and oxygen atoms in total. The Morgan fingerprint density at radius 3 is 1.73 bits per heavy atom. The molecule has 0 saturated carbocycles. The molecule has 0 amide bonds. The van der Waals surface area contributed by atoms with Crippen LogP contribution in [0.3, 0.4) is 0 Å². The summed E-state index contributed by atoms with van der Waals surface area (Å²) in [6.07, 6.45) is 18.5. The van der Waals surface area contributed by atoms with E-state index in [4.69, 9.17) is 14.2 Å². The highest BCUT2D eigenvalue weighted by Gasteiger charge is 2.43. The highest BCUT2D eigenvalue weighted by Crippen LogP contribution is 2.46. The molecule has 2 aliphatic heterocycles. The molecule has 0 aromatic heterocycles. The van der Waals surface area contributed by atoms with Crippen molar-refractivity contribution in [3.8, 4) is 0 Å². The van der Waals surface area contributed by atoms with Crippen molar-refractivity contribution in [2.75, 3.05) is 0 Å². The smallest absolute Gasteiger partial charge is 0.308 e. The first-order valence-corrected chi connectivity index (χ1v) is 20.2. The zero-order chi connectivity index (χ0) is 37.7. The van der Waals surface area contributed by atoms with Crippen molar-refractivity contribution in [2.24, 2.45) is 53.3 Å². The second kappa shape index (κ2) is 18.1. The van der Waals surface area contributed by atoms with Gasteiger partial charge in [-0.15, -0.1) is 0 Å². The minimum Gasteiger partial charge on any atom is -0.462 e. The van der Waals surface area contributed by atoms with E-state index in [1.54, 1.807) is 0 Å². The van der Waals surface area contributed by atoms with E-state index in [1.165, 1.54) is 11.1 Å². The number of ether oxygens (including phenoxy) is 3. The Bertz CT molecular complexity index is 1380. The van der Waals surface area contributed by atoms with Gasteiger partial charge >= 0.3 is 17.9 Å². The number of carbonyl (C=O) groups is 3. The van der Waals surface area contributed by atoms with Gasteiger partial charge in [0, 0.05) is 24.7 Å². The van der Waals surface area contributed by atoms with E-state index < -0.39 is 12.2 Å². The van der Waals surface area contributed by atoms with Gasteiger partial charge in [-0.1, -0.05) is 78.0 Å². The molecule has 4 aliphatic carbocycles. The van der Waals surface area contributed by atoms with Crippen LogP contribution in [-0.2, 0) is 28.6 Å². The second-order valence-electron chi connectivity index (χ2n) is 17.0. The molecule has 0 aromatic rings. The number of hydrogen-bond acceptors (Lipinski definition) is 9. The largest absolute Gasteiger partial charge is 0.462 e. The first-order valence-electron chi connectivity index (χ1n) is 20.2. The molecule has 6 rings (SSSR count). The van der Waals surface area contributed by atoms with Gasteiger partial charge in [0.05, 0.1) is 37.1 Å². The van der Waals surface area contributed by atoms with E-state index in [2.05, 4.69) is 64.2 Å². The third kappa shape index (κ3) is 10.3. The van der Waals surface area contributed by atoms with E-state index in [-0.39, 0.29) is 72.9 Å². The maximum Gasteiger partial charge on any atom is 0.308 e. The number of allylic oxidation sites excluding steroid dienone is 6.